The lowest BCUT2D eigenvalue weighted by atomic mass is 9.97. The van der Waals surface area contributed by atoms with Crippen LogP contribution < -0.4 is 5.32 Å². The molecule has 1 unspecified atom stereocenters. The number of benzene rings is 2. The Morgan fingerprint density at radius 2 is 1.95 bits per heavy atom. The van der Waals surface area contributed by atoms with Crippen LogP contribution in [0.15, 0.2) is 60.8 Å². The number of fused-ring (bicyclic) bond motifs is 1. The minimum atomic E-state index is 0.231. The van der Waals surface area contributed by atoms with Crippen LogP contribution in [0.4, 0.5) is 0 Å². The molecule has 2 nitrogen and oxygen atoms in total. The number of likely N-dealkylation sites (N-methyl/N-ethyl adjacent to an activating group) is 1. The smallest absolute Gasteiger partial charge is 0.0702 e. The summed E-state index contributed by atoms with van der Waals surface area (Å²) in [5, 5.41) is 5.36. The lowest BCUT2D eigenvalue weighted by molar-refractivity contribution is 0.593. The van der Waals surface area contributed by atoms with E-state index < -0.39 is 0 Å². The maximum atomic E-state index is 6.27. The molecule has 0 amide bonds. The second-order valence-corrected chi connectivity index (χ2v) is 5.50. The molecule has 21 heavy (non-hydrogen) atoms. The van der Waals surface area contributed by atoms with Crippen molar-refractivity contribution < 1.29 is 0 Å². The molecule has 0 aliphatic rings. The predicted molar refractivity (Wildman–Crippen MR) is 88.7 cm³/mol. The number of hydrogen-bond donors (Lipinski definition) is 1. The van der Waals surface area contributed by atoms with Gasteiger partial charge in [0.05, 0.1) is 5.52 Å². The zero-order chi connectivity index (χ0) is 14.7. The topological polar surface area (TPSA) is 24.9 Å². The van der Waals surface area contributed by atoms with Gasteiger partial charge < -0.3 is 5.32 Å². The predicted octanol–water partition coefficient (Wildman–Crippen LogP) is 4.39. The molecule has 0 aliphatic heterocycles. The largest absolute Gasteiger partial charge is 0.313 e. The average molecular weight is 297 g/mol. The SMILES string of the molecule is CNC(Cc1ccccc1Cl)c1ccc2ncccc2c1. The van der Waals surface area contributed by atoms with Crippen LogP contribution >= 0.6 is 11.6 Å². The summed E-state index contributed by atoms with van der Waals surface area (Å²) in [6, 6.07) is 18.7. The maximum absolute atomic E-state index is 6.27. The Balaban J connectivity index is 1.93. The van der Waals surface area contributed by atoms with E-state index >= 15 is 0 Å². The minimum Gasteiger partial charge on any atom is -0.313 e. The Morgan fingerprint density at radius 3 is 2.76 bits per heavy atom. The number of nitrogens with one attached hydrogen (secondary N) is 1. The lowest BCUT2D eigenvalue weighted by Crippen LogP contribution is -2.19. The first-order valence-electron chi connectivity index (χ1n) is 7.03. The number of pyridine rings is 1. The normalized spacial score (nSPS) is 12.5. The van der Waals surface area contributed by atoms with E-state index in [1.54, 1.807) is 0 Å². The number of nitrogens with zero attached hydrogens (tertiary/aromatic N) is 1. The Morgan fingerprint density at radius 1 is 1.10 bits per heavy atom. The fourth-order valence-electron chi connectivity index (χ4n) is 2.58. The van der Waals surface area contributed by atoms with Gasteiger partial charge in [-0.2, -0.15) is 0 Å². The van der Waals surface area contributed by atoms with Gasteiger partial charge in [0.15, 0.2) is 0 Å². The number of halogens is 1. The Kier molecular flexibility index (Phi) is 4.18. The van der Waals surface area contributed by atoms with E-state index in [1.807, 2.05) is 37.5 Å². The number of aromatic nitrogens is 1. The molecule has 0 saturated heterocycles. The van der Waals surface area contributed by atoms with Crippen LogP contribution in [0.1, 0.15) is 17.2 Å². The van der Waals surface area contributed by atoms with Crippen molar-refractivity contribution in [3.05, 3.63) is 76.9 Å². The van der Waals surface area contributed by atoms with Crippen molar-refractivity contribution in [1.29, 1.82) is 0 Å². The summed E-state index contributed by atoms with van der Waals surface area (Å²) in [7, 11) is 1.98. The molecule has 1 aromatic heterocycles. The molecule has 0 aliphatic carbocycles. The second kappa shape index (κ2) is 6.25. The van der Waals surface area contributed by atoms with Gasteiger partial charge in [-0.25, -0.2) is 0 Å². The van der Waals surface area contributed by atoms with Crippen LogP contribution in [-0.2, 0) is 6.42 Å². The summed E-state index contributed by atoms with van der Waals surface area (Å²) in [6.07, 6.45) is 2.68. The molecule has 1 N–H and O–H groups in total. The molecule has 106 valence electrons. The van der Waals surface area contributed by atoms with Gasteiger partial charge in [0.1, 0.15) is 0 Å². The van der Waals surface area contributed by atoms with Crippen LogP contribution in [0.5, 0.6) is 0 Å². The molecular formula is C18H17ClN2. The van der Waals surface area contributed by atoms with Gasteiger partial charge >= 0.3 is 0 Å². The number of hydrogen-bond acceptors (Lipinski definition) is 2. The molecule has 0 fully saturated rings. The minimum absolute atomic E-state index is 0.231. The van der Waals surface area contributed by atoms with Gasteiger partial charge in [-0.3, -0.25) is 4.98 Å². The van der Waals surface area contributed by atoms with Crippen molar-refractivity contribution >= 4 is 22.5 Å². The van der Waals surface area contributed by atoms with Crippen molar-refractivity contribution in [3.63, 3.8) is 0 Å². The third-order valence-electron chi connectivity index (χ3n) is 3.76. The highest BCUT2D eigenvalue weighted by Crippen LogP contribution is 2.25. The summed E-state index contributed by atoms with van der Waals surface area (Å²) in [4.78, 5) is 4.36. The standard InChI is InChI=1S/C18H17ClN2/c1-20-18(12-13-5-2-3-7-16(13)19)15-8-9-17-14(11-15)6-4-10-21-17/h2-11,18,20H,12H2,1H3. The molecule has 1 atom stereocenters. The van der Waals surface area contributed by atoms with E-state index in [9.17, 15) is 0 Å². The fourth-order valence-corrected chi connectivity index (χ4v) is 2.79. The van der Waals surface area contributed by atoms with Crippen LogP contribution in [0, 0.1) is 0 Å². The fraction of sp³-hybridized carbons (Fsp3) is 0.167. The lowest BCUT2D eigenvalue weighted by Gasteiger charge is -2.18. The molecule has 0 bridgehead atoms. The first kappa shape index (κ1) is 14.1. The van der Waals surface area contributed by atoms with Crippen LogP contribution in [-0.4, -0.2) is 12.0 Å². The Hall–Kier alpha value is -1.90. The zero-order valence-electron chi connectivity index (χ0n) is 11.9. The van der Waals surface area contributed by atoms with Gasteiger partial charge in [-0.1, -0.05) is 41.9 Å². The van der Waals surface area contributed by atoms with Gasteiger partial charge in [-0.05, 0) is 48.9 Å². The number of rotatable bonds is 4. The molecule has 0 spiro atoms. The molecule has 3 aromatic rings. The monoisotopic (exact) mass is 296 g/mol. The van der Waals surface area contributed by atoms with Gasteiger partial charge in [0.25, 0.3) is 0 Å². The van der Waals surface area contributed by atoms with E-state index in [-0.39, 0.29) is 6.04 Å². The van der Waals surface area contributed by atoms with E-state index in [2.05, 4.69) is 40.6 Å². The van der Waals surface area contributed by atoms with Crippen LogP contribution in [0.25, 0.3) is 10.9 Å². The molecular weight excluding hydrogens is 280 g/mol. The summed E-state index contributed by atoms with van der Waals surface area (Å²) >= 11 is 6.27. The van der Waals surface area contributed by atoms with Crippen molar-refractivity contribution in [2.45, 2.75) is 12.5 Å². The zero-order valence-corrected chi connectivity index (χ0v) is 12.6. The second-order valence-electron chi connectivity index (χ2n) is 5.09. The van der Waals surface area contributed by atoms with Crippen LogP contribution in [0.3, 0.4) is 0 Å². The van der Waals surface area contributed by atoms with Gasteiger partial charge in [0.2, 0.25) is 0 Å². The average Bonchev–Trinajstić information content (AvgIpc) is 2.54. The third kappa shape index (κ3) is 3.07. The van der Waals surface area contributed by atoms with Gasteiger partial charge in [0, 0.05) is 22.6 Å². The van der Waals surface area contributed by atoms with E-state index in [4.69, 9.17) is 11.6 Å². The van der Waals surface area contributed by atoms with Crippen molar-refractivity contribution in [2.24, 2.45) is 0 Å². The summed E-state index contributed by atoms with van der Waals surface area (Å²) < 4.78 is 0. The maximum Gasteiger partial charge on any atom is 0.0702 e. The quantitative estimate of drug-likeness (QED) is 0.772. The van der Waals surface area contributed by atoms with Crippen molar-refractivity contribution in [3.8, 4) is 0 Å². The molecule has 3 heteroatoms. The molecule has 0 saturated carbocycles. The van der Waals surface area contributed by atoms with Gasteiger partial charge in [-0.15, -0.1) is 0 Å². The Labute approximate surface area is 129 Å². The molecule has 3 rings (SSSR count). The summed E-state index contributed by atoms with van der Waals surface area (Å²) in [5.74, 6) is 0. The molecule has 1 heterocycles. The Bertz CT molecular complexity index is 755. The molecule has 2 aromatic carbocycles. The van der Waals surface area contributed by atoms with Crippen molar-refractivity contribution in [2.75, 3.05) is 7.05 Å². The first-order valence-corrected chi connectivity index (χ1v) is 7.41. The highest BCUT2D eigenvalue weighted by atomic mass is 35.5. The molecule has 0 radical (unpaired) electrons. The highest BCUT2D eigenvalue weighted by Gasteiger charge is 2.12. The van der Waals surface area contributed by atoms with E-state index in [1.165, 1.54) is 5.56 Å². The van der Waals surface area contributed by atoms with Crippen LogP contribution in [0.2, 0.25) is 5.02 Å². The third-order valence-corrected chi connectivity index (χ3v) is 4.13. The highest BCUT2D eigenvalue weighted by molar-refractivity contribution is 6.31. The van der Waals surface area contributed by atoms with E-state index in [0.29, 0.717) is 0 Å². The first-order chi connectivity index (χ1) is 10.3. The summed E-state index contributed by atoms with van der Waals surface area (Å²) in [5.41, 5.74) is 3.43. The van der Waals surface area contributed by atoms with Crippen molar-refractivity contribution in [1.82, 2.24) is 10.3 Å². The summed E-state index contributed by atoms with van der Waals surface area (Å²) in [6.45, 7) is 0. The van der Waals surface area contributed by atoms with E-state index in [0.717, 1.165) is 27.9 Å².